The number of rotatable bonds is 5. The number of nitriles is 1. The standard InChI is InChI=1S/C13H17ClN2O/c1-13(2,17-3)9-16-8-11-5-4-10(7-15)6-12(11)14/h4-6,16H,8-9H2,1-3H3. The lowest BCUT2D eigenvalue weighted by Gasteiger charge is -2.23. The van der Waals surface area contributed by atoms with E-state index < -0.39 is 0 Å². The number of halogens is 1. The first kappa shape index (κ1) is 14.0. The van der Waals surface area contributed by atoms with E-state index in [1.807, 2.05) is 19.9 Å². The fourth-order valence-corrected chi connectivity index (χ4v) is 1.58. The second-order valence-electron chi connectivity index (χ2n) is 4.49. The topological polar surface area (TPSA) is 45.0 Å². The number of nitrogens with one attached hydrogen (secondary N) is 1. The Morgan fingerprint density at radius 2 is 2.18 bits per heavy atom. The summed E-state index contributed by atoms with van der Waals surface area (Å²) in [6.07, 6.45) is 0. The molecule has 0 aliphatic heterocycles. The number of benzene rings is 1. The van der Waals surface area contributed by atoms with Gasteiger partial charge in [-0.1, -0.05) is 17.7 Å². The molecule has 1 aromatic rings. The lowest BCUT2D eigenvalue weighted by Crippen LogP contribution is -2.36. The summed E-state index contributed by atoms with van der Waals surface area (Å²) < 4.78 is 5.30. The van der Waals surface area contributed by atoms with E-state index in [-0.39, 0.29) is 5.60 Å². The molecule has 92 valence electrons. The van der Waals surface area contributed by atoms with Crippen molar-refractivity contribution in [1.29, 1.82) is 5.26 Å². The largest absolute Gasteiger partial charge is 0.377 e. The predicted molar refractivity (Wildman–Crippen MR) is 69.0 cm³/mol. The summed E-state index contributed by atoms with van der Waals surface area (Å²) >= 11 is 6.07. The van der Waals surface area contributed by atoms with Gasteiger partial charge in [-0.25, -0.2) is 0 Å². The zero-order valence-electron chi connectivity index (χ0n) is 10.4. The molecular formula is C13H17ClN2O. The molecule has 1 rings (SSSR count). The lowest BCUT2D eigenvalue weighted by molar-refractivity contribution is 0.0231. The molecule has 0 aliphatic rings. The maximum Gasteiger partial charge on any atom is 0.0992 e. The van der Waals surface area contributed by atoms with Crippen LogP contribution >= 0.6 is 11.6 Å². The molecule has 0 aromatic heterocycles. The quantitative estimate of drug-likeness (QED) is 0.877. The molecule has 4 heteroatoms. The second kappa shape index (κ2) is 6.02. The highest BCUT2D eigenvalue weighted by Crippen LogP contribution is 2.17. The minimum absolute atomic E-state index is 0.195. The van der Waals surface area contributed by atoms with Crippen LogP contribution in [0.1, 0.15) is 25.0 Å². The van der Waals surface area contributed by atoms with E-state index in [0.717, 1.165) is 12.1 Å². The molecule has 0 bridgehead atoms. The van der Waals surface area contributed by atoms with Gasteiger partial charge in [0.05, 0.1) is 17.2 Å². The van der Waals surface area contributed by atoms with Gasteiger partial charge in [-0.3, -0.25) is 0 Å². The fraction of sp³-hybridized carbons (Fsp3) is 0.462. The Kier molecular flexibility index (Phi) is 4.95. The van der Waals surface area contributed by atoms with Crippen LogP contribution in [0, 0.1) is 11.3 Å². The van der Waals surface area contributed by atoms with E-state index in [1.54, 1.807) is 19.2 Å². The van der Waals surface area contributed by atoms with Crippen molar-refractivity contribution < 1.29 is 4.74 Å². The smallest absolute Gasteiger partial charge is 0.0992 e. The van der Waals surface area contributed by atoms with Gasteiger partial charge in [0, 0.05) is 25.2 Å². The van der Waals surface area contributed by atoms with Crippen molar-refractivity contribution in [3.63, 3.8) is 0 Å². The van der Waals surface area contributed by atoms with Crippen LogP contribution in [0.3, 0.4) is 0 Å². The molecule has 1 N–H and O–H groups in total. The first-order valence-electron chi connectivity index (χ1n) is 5.43. The van der Waals surface area contributed by atoms with E-state index in [9.17, 15) is 0 Å². The predicted octanol–water partition coefficient (Wildman–Crippen LogP) is 2.73. The van der Waals surface area contributed by atoms with E-state index >= 15 is 0 Å². The van der Waals surface area contributed by atoms with Crippen LogP contribution in [-0.4, -0.2) is 19.3 Å². The molecule has 0 amide bonds. The Balaban J connectivity index is 2.56. The van der Waals surface area contributed by atoms with Gasteiger partial charge >= 0.3 is 0 Å². The van der Waals surface area contributed by atoms with Crippen LogP contribution in [-0.2, 0) is 11.3 Å². The Morgan fingerprint density at radius 1 is 1.47 bits per heavy atom. The fourth-order valence-electron chi connectivity index (χ4n) is 1.33. The molecule has 0 spiro atoms. The Labute approximate surface area is 107 Å². The minimum Gasteiger partial charge on any atom is -0.377 e. The van der Waals surface area contributed by atoms with Gasteiger partial charge in [0.15, 0.2) is 0 Å². The highest BCUT2D eigenvalue weighted by molar-refractivity contribution is 6.31. The third-order valence-electron chi connectivity index (χ3n) is 2.60. The summed E-state index contributed by atoms with van der Waals surface area (Å²) in [6, 6.07) is 7.38. The zero-order valence-corrected chi connectivity index (χ0v) is 11.1. The molecule has 0 saturated heterocycles. The van der Waals surface area contributed by atoms with Gasteiger partial charge in [0.2, 0.25) is 0 Å². The van der Waals surface area contributed by atoms with E-state index in [2.05, 4.69) is 11.4 Å². The molecule has 0 radical (unpaired) electrons. The maximum absolute atomic E-state index is 8.73. The molecule has 0 heterocycles. The average Bonchev–Trinajstić information content (AvgIpc) is 2.31. The third-order valence-corrected chi connectivity index (χ3v) is 2.95. The van der Waals surface area contributed by atoms with Crippen molar-refractivity contribution in [1.82, 2.24) is 5.32 Å². The molecule has 0 aliphatic carbocycles. The molecule has 1 aromatic carbocycles. The first-order chi connectivity index (χ1) is 7.98. The Hall–Kier alpha value is -1.08. The molecule has 0 atom stereocenters. The summed E-state index contributed by atoms with van der Waals surface area (Å²) in [5, 5.41) is 12.6. The van der Waals surface area contributed by atoms with Crippen molar-refractivity contribution in [3.8, 4) is 6.07 Å². The Bertz CT molecular complexity index is 424. The number of ether oxygens (including phenoxy) is 1. The molecular weight excluding hydrogens is 236 g/mol. The van der Waals surface area contributed by atoms with Crippen molar-refractivity contribution >= 4 is 11.6 Å². The Morgan fingerprint density at radius 3 is 2.71 bits per heavy atom. The van der Waals surface area contributed by atoms with Crippen molar-refractivity contribution in [2.75, 3.05) is 13.7 Å². The van der Waals surface area contributed by atoms with Crippen LogP contribution in [0.25, 0.3) is 0 Å². The second-order valence-corrected chi connectivity index (χ2v) is 4.89. The monoisotopic (exact) mass is 252 g/mol. The minimum atomic E-state index is -0.195. The van der Waals surface area contributed by atoms with Crippen LogP contribution in [0.15, 0.2) is 18.2 Å². The van der Waals surface area contributed by atoms with Gasteiger partial charge in [0.25, 0.3) is 0 Å². The summed E-state index contributed by atoms with van der Waals surface area (Å²) in [7, 11) is 1.69. The van der Waals surface area contributed by atoms with Crippen LogP contribution in [0.2, 0.25) is 5.02 Å². The zero-order chi connectivity index (χ0) is 12.9. The molecule has 17 heavy (non-hydrogen) atoms. The maximum atomic E-state index is 8.73. The SMILES string of the molecule is COC(C)(C)CNCc1ccc(C#N)cc1Cl. The number of hydrogen-bond donors (Lipinski definition) is 1. The van der Waals surface area contributed by atoms with Crippen molar-refractivity contribution in [2.24, 2.45) is 0 Å². The van der Waals surface area contributed by atoms with Gasteiger partial charge in [-0.05, 0) is 31.5 Å². The highest BCUT2D eigenvalue weighted by Gasteiger charge is 2.15. The summed E-state index contributed by atoms with van der Waals surface area (Å²) in [4.78, 5) is 0. The molecule has 0 unspecified atom stereocenters. The molecule has 0 saturated carbocycles. The number of nitrogens with zero attached hydrogens (tertiary/aromatic N) is 1. The number of hydrogen-bond acceptors (Lipinski definition) is 3. The van der Waals surface area contributed by atoms with Gasteiger partial charge in [0.1, 0.15) is 0 Å². The summed E-state index contributed by atoms with van der Waals surface area (Å²) in [6.45, 7) is 5.43. The summed E-state index contributed by atoms with van der Waals surface area (Å²) in [5.41, 5.74) is 1.37. The van der Waals surface area contributed by atoms with E-state index in [1.165, 1.54) is 0 Å². The van der Waals surface area contributed by atoms with Gasteiger partial charge in [-0.2, -0.15) is 5.26 Å². The molecule has 0 fully saturated rings. The van der Waals surface area contributed by atoms with Crippen LogP contribution in [0.4, 0.5) is 0 Å². The van der Waals surface area contributed by atoms with Gasteiger partial charge in [-0.15, -0.1) is 0 Å². The van der Waals surface area contributed by atoms with Gasteiger partial charge < -0.3 is 10.1 Å². The normalized spacial score (nSPS) is 11.2. The van der Waals surface area contributed by atoms with Crippen molar-refractivity contribution in [3.05, 3.63) is 34.3 Å². The molecule has 3 nitrogen and oxygen atoms in total. The van der Waals surface area contributed by atoms with Crippen LogP contribution < -0.4 is 5.32 Å². The number of methoxy groups -OCH3 is 1. The summed E-state index contributed by atoms with van der Waals surface area (Å²) in [5.74, 6) is 0. The van der Waals surface area contributed by atoms with E-state index in [4.69, 9.17) is 21.6 Å². The first-order valence-corrected chi connectivity index (χ1v) is 5.81. The van der Waals surface area contributed by atoms with E-state index in [0.29, 0.717) is 17.1 Å². The average molecular weight is 253 g/mol. The van der Waals surface area contributed by atoms with Crippen LogP contribution in [0.5, 0.6) is 0 Å². The lowest BCUT2D eigenvalue weighted by atomic mass is 10.1. The highest BCUT2D eigenvalue weighted by atomic mass is 35.5. The van der Waals surface area contributed by atoms with Crippen molar-refractivity contribution in [2.45, 2.75) is 26.0 Å². The third kappa shape index (κ3) is 4.35.